The first-order valence-electron chi connectivity index (χ1n) is 6.53. The lowest BCUT2D eigenvalue weighted by Crippen LogP contribution is -2.22. The van der Waals surface area contributed by atoms with Gasteiger partial charge in [0.15, 0.2) is 6.29 Å². The number of hydrogen-bond donors (Lipinski definition) is 0. The van der Waals surface area contributed by atoms with E-state index in [9.17, 15) is 0 Å². The second-order valence-electron chi connectivity index (χ2n) is 4.47. The van der Waals surface area contributed by atoms with Gasteiger partial charge in [-0.2, -0.15) is 0 Å². The Hall–Kier alpha value is -1.72. The van der Waals surface area contributed by atoms with E-state index >= 15 is 0 Å². The van der Waals surface area contributed by atoms with Crippen LogP contribution >= 0.6 is 0 Å². The predicted molar refractivity (Wildman–Crippen MR) is 68.1 cm³/mol. The normalized spacial score (nSPS) is 19.5. The Morgan fingerprint density at radius 3 is 2.84 bits per heavy atom. The van der Waals surface area contributed by atoms with Crippen LogP contribution in [0.4, 0.5) is 0 Å². The molecule has 0 saturated carbocycles. The number of rotatable bonds is 4. The molecule has 0 aliphatic carbocycles. The van der Waals surface area contributed by atoms with Crippen molar-refractivity contribution in [1.29, 1.82) is 0 Å². The minimum Gasteiger partial charge on any atom is -0.418 e. The number of benzene rings is 1. The maximum atomic E-state index is 5.60. The van der Waals surface area contributed by atoms with Gasteiger partial charge in [-0.3, -0.25) is 0 Å². The molecule has 5 heteroatoms. The van der Waals surface area contributed by atoms with Crippen molar-refractivity contribution >= 4 is 0 Å². The van der Waals surface area contributed by atoms with Gasteiger partial charge in [-0.05, 0) is 31.4 Å². The lowest BCUT2D eigenvalue weighted by atomic mass is 10.2. The molecule has 1 saturated heterocycles. The summed E-state index contributed by atoms with van der Waals surface area (Å²) in [5, 5.41) is 7.99. The van der Waals surface area contributed by atoms with Crippen LogP contribution in [0.25, 0.3) is 11.5 Å². The fourth-order valence-electron chi connectivity index (χ4n) is 2.02. The summed E-state index contributed by atoms with van der Waals surface area (Å²) in [6.45, 7) is 1.06. The molecule has 1 aliphatic rings. The summed E-state index contributed by atoms with van der Waals surface area (Å²) in [7, 11) is 0. The van der Waals surface area contributed by atoms with Gasteiger partial charge in [-0.1, -0.05) is 18.2 Å². The van der Waals surface area contributed by atoms with Crippen LogP contribution in [0.1, 0.15) is 25.2 Å². The lowest BCUT2D eigenvalue weighted by molar-refractivity contribution is -0.172. The first kappa shape index (κ1) is 12.3. The van der Waals surface area contributed by atoms with Crippen LogP contribution in [0.2, 0.25) is 0 Å². The summed E-state index contributed by atoms with van der Waals surface area (Å²) in [5.41, 5.74) is 0.912. The Kier molecular flexibility index (Phi) is 3.86. The van der Waals surface area contributed by atoms with Crippen molar-refractivity contribution in [3.63, 3.8) is 0 Å². The SMILES string of the molecule is c1ccc(-c2nnc(COC3CCCCO3)o2)cc1. The van der Waals surface area contributed by atoms with E-state index in [0.717, 1.165) is 31.4 Å². The van der Waals surface area contributed by atoms with Crippen molar-refractivity contribution in [3.05, 3.63) is 36.2 Å². The minimum atomic E-state index is -0.138. The van der Waals surface area contributed by atoms with Gasteiger partial charge >= 0.3 is 0 Å². The van der Waals surface area contributed by atoms with Crippen molar-refractivity contribution in [1.82, 2.24) is 10.2 Å². The lowest BCUT2D eigenvalue weighted by Gasteiger charge is -2.21. The van der Waals surface area contributed by atoms with Crippen molar-refractivity contribution in [2.75, 3.05) is 6.61 Å². The molecule has 1 aliphatic heterocycles. The van der Waals surface area contributed by atoms with E-state index in [4.69, 9.17) is 13.9 Å². The average molecular weight is 260 g/mol. The van der Waals surface area contributed by atoms with E-state index in [2.05, 4.69) is 10.2 Å². The van der Waals surface area contributed by atoms with Gasteiger partial charge in [0.25, 0.3) is 0 Å². The molecule has 2 aromatic rings. The molecular formula is C14H16N2O3. The third kappa shape index (κ3) is 3.19. The Balaban J connectivity index is 1.59. The molecule has 1 fully saturated rings. The Morgan fingerprint density at radius 1 is 1.16 bits per heavy atom. The molecular weight excluding hydrogens is 244 g/mol. The van der Waals surface area contributed by atoms with Crippen molar-refractivity contribution in [3.8, 4) is 11.5 Å². The van der Waals surface area contributed by atoms with Gasteiger partial charge in [0.2, 0.25) is 11.8 Å². The van der Waals surface area contributed by atoms with Crippen molar-refractivity contribution in [2.24, 2.45) is 0 Å². The highest BCUT2D eigenvalue weighted by atomic mass is 16.7. The third-order valence-corrected chi connectivity index (χ3v) is 3.02. The predicted octanol–water partition coefficient (Wildman–Crippen LogP) is 2.78. The van der Waals surface area contributed by atoms with Gasteiger partial charge in [0, 0.05) is 12.2 Å². The fraction of sp³-hybridized carbons (Fsp3) is 0.429. The average Bonchev–Trinajstić information content (AvgIpc) is 2.96. The minimum absolute atomic E-state index is 0.138. The van der Waals surface area contributed by atoms with Gasteiger partial charge < -0.3 is 13.9 Å². The molecule has 19 heavy (non-hydrogen) atoms. The Bertz CT molecular complexity index is 506. The zero-order chi connectivity index (χ0) is 12.9. The molecule has 1 aromatic heterocycles. The van der Waals surface area contributed by atoms with Gasteiger partial charge in [-0.15, -0.1) is 10.2 Å². The highest BCUT2D eigenvalue weighted by Gasteiger charge is 2.16. The molecule has 0 radical (unpaired) electrons. The van der Waals surface area contributed by atoms with Gasteiger partial charge in [0.05, 0.1) is 0 Å². The molecule has 0 bridgehead atoms. The molecule has 2 heterocycles. The second kappa shape index (κ2) is 5.95. The fourth-order valence-corrected chi connectivity index (χ4v) is 2.02. The van der Waals surface area contributed by atoms with Crippen LogP contribution in [0, 0.1) is 0 Å². The highest BCUT2D eigenvalue weighted by molar-refractivity contribution is 5.51. The molecule has 1 aromatic carbocycles. The van der Waals surface area contributed by atoms with E-state index in [0.29, 0.717) is 18.4 Å². The highest BCUT2D eigenvalue weighted by Crippen LogP contribution is 2.19. The maximum absolute atomic E-state index is 5.60. The molecule has 0 N–H and O–H groups in total. The van der Waals surface area contributed by atoms with E-state index in [1.165, 1.54) is 0 Å². The van der Waals surface area contributed by atoms with Crippen molar-refractivity contribution < 1.29 is 13.9 Å². The molecule has 0 spiro atoms. The Morgan fingerprint density at radius 2 is 2.05 bits per heavy atom. The van der Waals surface area contributed by atoms with E-state index < -0.39 is 0 Å². The monoisotopic (exact) mass is 260 g/mol. The molecule has 0 amide bonds. The first-order chi connectivity index (χ1) is 9.42. The summed E-state index contributed by atoms with van der Waals surface area (Å²) in [6, 6.07) is 9.69. The second-order valence-corrected chi connectivity index (χ2v) is 4.47. The van der Waals surface area contributed by atoms with E-state index in [1.807, 2.05) is 30.3 Å². The van der Waals surface area contributed by atoms with Crippen LogP contribution in [-0.4, -0.2) is 23.1 Å². The Labute approximate surface area is 111 Å². The number of ether oxygens (including phenoxy) is 2. The zero-order valence-corrected chi connectivity index (χ0v) is 10.6. The summed E-state index contributed by atoms with van der Waals surface area (Å²) in [4.78, 5) is 0. The quantitative estimate of drug-likeness (QED) is 0.846. The molecule has 100 valence electrons. The van der Waals surface area contributed by atoms with Crippen LogP contribution < -0.4 is 0 Å². The third-order valence-electron chi connectivity index (χ3n) is 3.02. The van der Waals surface area contributed by atoms with Crippen LogP contribution in [-0.2, 0) is 16.1 Å². The maximum Gasteiger partial charge on any atom is 0.247 e. The van der Waals surface area contributed by atoms with Crippen LogP contribution in [0.3, 0.4) is 0 Å². The smallest absolute Gasteiger partial charge is 0.247 e. The summed E-state index contributed by atoms with van der Waals surface area (Å²) >= 11 is 0. The number of hydrogen-bond acceptors (Lipinski definition) is 5. The van der Waals surface area contributed by atoms with E-state index in [1.54, 1.807) is 0 Å². The van der Waals surface area contributed by atoms with Crippen LogP contribution in [0.15, 0.2) is 34.7 Å². The zero-order valence-electron chi connectivity index (χ0n) is 10.6. The standard InChI is InChI=1S/C14H16N2O3/c1-2-6-11(7-3-1)14-16-15-12(19-14)10-18-13-8-4-5-9-17-13/h1-3,6-7,13H,4-5,8-10H2. The molecule has 5 nitrogen and oxygen atoms in total. The molecule has 1 atom stereocenters. The van der Waals surface area contributed by atoms with Crippen LogP contribution in [0.5, 0.6) is 0 Å². The van der Waals surface area contributed by atoms with Gasteiger partial charge in [0.1, 0.15) is 6.61 Å². The number of aromatic nitrogens is 2. The molecule has 3 rings (SSSR count). The van der Waals surface area contributed by atoms with E-state index in [-0.39, 0.29) is 6.29 Å². The number of nitrogens with zero attached hydrogens (tertiary/aromatic N) is 2. The summed E-state index contributed by atoms with van der Waals surface area (Å²) < 4.78 is 16.6. The first-order valence-corrected chi connectivity index (χ1v) is 6.53. The topological polar surface area (TPSA) is 57.4 Å². The largest absolute Gasteiger partial charge is 0.418 e. The molecule has 1 unspecified atom stereocenters. The summed E-state index contributed by atoms with van der Waals surface area (Å²) in [5.74, 6) is 0.997. The summed E-state index contributed by atoms with van der Waals surface area (Å²) in [6.07, 6.45) is 3.04. The van der Waals surface area contributed by atoms with Crippen molar-refractivity contribution in [2.45, 2.75) is 32.2 Å². The van der Waals surface area contributed by atoms with Gasteiger partial charge in [-0.25, -0.2) is 0 Å².